The van der Waals surface area contributed by atoms with Crippen molar-refractivity contribution in [3.63, 3.8) is 0 Å². The highest BCUT2D eigenvalue weighted by Crippen LogP contribution is 2.30. The third-order valence-electron chi connectivity index (χ3n) is 5.00. The van der Waals surface area contributed by atoms with Gasteiger partial charge in [0.15, 0.2) is 0 Å². The molecule has 1 amide bonds. The minimum atomic E-state index is -0.286. The third-order valence-corrected chi connectivity index (χ3v) is 5.00. The van der Waals surface area contributed by atoms with Crippen LogP contribution in [0.15, 0.2) is 47.1 Å². The molecule has 4 rings (SSSR count). The zero-order chi connectivity index (χ0) is 17.4. The topological polar surface area (TPSA) is 33.5 Å². The van der Waals surface area contributed by atoms with E-state index in [2.05, 4.69) is 12.1 Å². The summed E-state index contributed by atoms with van der Waals surface area (Å²) in [5.41, 5.74) is 4.99. The van der Waals surface area contributed by atoms with Gasteiger partial charge in [0.1, 0.15) is 11.4 Å². The number of carbonyl (C=O) groups is 1. The van der Waals surface area contributed by atoms with Crippen molar-refractivity contribution in [2.24, 2.45) is 0 Å². The monoisotopic (exact) mass is 337 g/mol. The summed E-state index contributed by atoms with van der Waals surface area (Å²) in [5, 5.41) is 1.02. The first-order valence-corrected chi connectivity index (χ1v) is 8.61. The molecule has 128 valence electrons. The molecule has 0 aliphatic heterocycles. The molecule has 1 heterocycles. The summed E-state index contributed by atoms with van der Waals surface area (Å²) in [4.78, 5) is 14.1. The summed E-state index contributed by atoms with van der Waals surface area (Å²) in [5.74, 6) is -0.335. The van der Waals surface area contributed by atoms with Crippen LogP contribution in [0.2, 0.25) is 0 Å². The standard InChI is InChI=1S/C21H20FNO2/c1-23(12-16-5-2-3-8-19(16)22)21(24)11-17-13-25-20-10-15-7-4-6-14(15)9-18(17)20/h2-3,5,8-10,13H,4,6-7,11-12H2,1H3. The zero-order valence-electron chi connectivity index (χ0n) is 14.2. The van der Waals surface area contributed by atoms with Crippen molar-refractivity contribution in [1.29, 1.82) is 0 Å². The van der Waals surface area contributed by atoms with E-state index in [9.17, 15) is 9.18 Å². The maximum absolute atomic E-state index is 13.8. The average Bonchev–Trinajstić information content (AvgIpc) is 3.21. The molecule has 3 nitrogen and oxygen atoms in total. The summed E-state index contributed by atoms with van der Waals surface area (Å²) < 4.78 is 19.4. The van der Waals surface area contributed by atoms with Crippen molar-refractivity contribution in [1.82, 2.24) is 4.90 Å². The van der Waals surface area contributed by atoms with Crippen molar-refractivity contribution in [2.75, 3.05) is 7.05 Å². The third kappa shape index (κ3) is 3.04. The zero-order valence-corrected chi connectivity index (χ0v) is 14.2. The second-order valence-electron chi connectivity index (χ2n) is 6.75. The molecule has 2 aromatic carbocycles. The van der Waals surface area contributed by atoms with E-state index in [1.807, 2.05) is 0 Å². The number of amides is 1. The number of fused-ring (bicyclic) bond motifs is 2. The van der Waals surface area contributed by atoms with Crippen molar-refractivity contribution in [2.45, 2.75) is 32.2 Å². The minimum absolute atomic E-state index is 0.0496. The summed E-state index contributed by atoms with van der Waals surface area (Å²) in [7, 11) is 1.70. The second-order valence-corrected chi connectivity index (χ2v) is 6.75. The average molecular weight is 337 g/mol. The maximum Gasteiger partial charge on any atom is 0.227 e. The molecule has 0 saturated heterocycles. The molecule has 1 aromatic heterocycles. The van der Waals surface area contributed by atoms with Crippen LogP contribution in [0.25, 0.3) is 11.0 Å². The van der Waals surface area contributed by atoms with Crippen LogP contribution >= 0.6 is 0 Å². The van der Waals surface area contributed by atoms with E-state index >= 15 is 0 Å². The lowest BCUT2D eigenvalue weighted by Crippen LogP contribution is -2.28. The number of furan rings is 1. The highest BCUT2D eigenvalue weighted by Gasteiger charge is 2.18. The molecule has 0 fully saturated rings. The molecule has 4 heteroatoms. The summed E-state index contributed by atoms with van der Waals surface area (Å²) in [6, 6.07) is 10.8. The second kappa shape index (κ2) is 6.36. The molecule has 0 bridgehead atoms. The van der Waals surface area contributed by atoms with E-state index in [0.29, 0.717) is 5.56 Å². The molecule has 0 radical (unpaired) electrons. The number of rotatable bonds is 4. The molecule has 3 aromatic rings. The van der Waals surface area contributed by atoms with Crippen LogP contribution in [0, 0.1) is 5.82 Å². The van der Waals surface area contributed by atoms with Gasteiger partial charge >= 0.3 is 0 Å². The highest BCUT2D eigenvalue weighted by molar-refractivity contribution is 5.88. The lowest BCUT2D eigenvalue weighted by Gasteiger charge is -2.17. The summed E-state index contributed by atoms with van der Waals surface area (Å²) in [6.07, 6.45) is 5.32. The molecule has 1 aliphatic rings. The lowest BCUT2D eigenvalue weighted by atomic mass is 10.0. The van der Waals surface area contributed by atoms with E-state index in [1.165, 1.54) is 23.6 Å². The van der Waals surface area contributed by atoms with Crippen molar-refractivity contribution in [3.05, 3.63) is 70.7 Å². The number of halogens is 1. The fraction of sp³-hybridized carbons (Fsp3) is 0.286. The van der Waals surface area contributed by atoms with Gasteiger partial charge in [-0.3, -0.25) is 4.79 Å². The molecule has 0 saturated carbocycles. The summed E-state index contributed by atoms with van der Waals surface area (Å²) in [6.45, 7) is 0.261. The number of carbonyl (C=O) groups excluding carboxylic acids is 1. The quantitative estimate of drug-likeness (QED) is 0.713. The Morgan fingerprint density at radius 3 is 2.72 bits per heavy atom. The van der Waals surface area contributed by atoms with Gasteiger partial charge in [0.25, 0.3) is 0 Å². The smallest absolute Gasteiger partial charge is 0.227 e. The van der Waals surface area contributed by atoms with E-state index in [0.717, 1.165) is 29.4 Å². The van der Waals surface area contributed by atoms with Gasteiger partial charge in [-0.05, 0) is 48.6 Å². The number of hydrogen-bond acceptors (Lipinski definition) is 2. The van der Waals surface area contributed by atoms with Crippen molar-refractivity contribution >= 4 is 16.9 Å². The van der Waals surface area contributed by atoms with Crippen LogP contribution in [-0.2, 0) is 30.6 Å². The molecule has 0 unspecified atom stereocenters. The SMILES string of the molecule is CN(Cc1ccccc1F)C(=O)Cc1coc2cc3c(cc12)CCC3. The first-order valence-electron chi connectivity index (χ1n) is 8.61. The number of nitrogens with zero attached hydrogens (tertiary/aromatic N) is 1. The molecule has 0 spiro atoms. The first-order chi connectivity index (χ1) is 12.1. The Hall–Kier alpha value is -2.62. The Kier molecular flexibility index (Phi) is 4.04. The van der Waals surface area contributed by atoms with Crippen LogP contribution < -0.4 is 0 Å². The van der Waals surface area contributed by atoms with Crippen molar-refractivity contribution in [3.8, 4) is 0 Å². The summed E-state index contributed by atoms with van der Waals surface area (Å²) >= 11 is 0. The Labute approximate surface area is 146 Å². The lowest BCUT2D eigenvalue weighted by molar-refractivity contribution is -0.129. The number of benzene rings is 2. The Morgan fingerprint density at radius 1 is 1.16 bits per heavy atom. The van der Waals surface area contributed by atoms with Crippen LogP contribution in [0.5, 0.6) is 0 Å². The number of hydrogen-bond donors (Lipinski definition) is 0. The number of aryl methyl sites for hydroxylation is 2. The molecule has 0 atom stereocenters. The predicted octanol–water partition coefficient (Wildman–Crippen LogP) is 4.26. The van der Waals surface area contributed by atoms with Crippen LogP contribution in [0.3, 0.4) is 0 Å². The fourth-order valence-corrected chi connectivity index (χ4v) is 3.55. The van der Waals surface area contributed by atoms with Gasteiger partial charge < -0.3 is 9.32 Å². The van der Waals surface area contributed by atoms with Gasteiger partial charge in [0.05, 0.1) is 12.7 Å². The van der Waals surface area contributed by atoms with Gasteiger partial charge in [-0.1, -0.05) is 18.2 Å². The maximum atomic E-state index is 13.8. The molecule has 25 heavy (non-hydrogen) atoms. The Balaban J connectivity index is 1.52. The van der Waals surface area contributed by atoms with Gasteiger partial charge in [-0.15, -0.1) is 0 Å². The van der Waals surface area contributed by atoms with Gasteiger partial charge in [0.2, 0.25) is 5.91 Å². The van der Waals surface area contributed by atoms with E-state index in [4.69, 9.17) is 4.42 Å². The minimum Gasteiger partial charge on any atom is -0.464 e. The largest absolute Gasteiger partial charge is 0.464 e. The normalized spacial score (nSPS) is 13.2. The highest BCUT2D eigenvalue weighted by atomic mass is 19.1. The Bertz CT molecular complexity index is 944. The van der Waals surface area contributed by atoms with Gasteiger partial charge in [-0.2, -0.15) is 0 Å². The van der Waals surface area contributed by atoms with E-state index in [-0.39, 0.29) is 24.7 Å². The van der Waals surface area contributed by atoms with Crippen molar-refractivity contribution < 1.29 is 13.6 Å². The van der Waals surface area contributed by atoms with Crippen LogP contribution in [0.1, 0.15) is 28.7 Å². The molecule has 0 N–H and O–H groups in total. The molecule has 1 aliphatic carbocycles. The van der Waals surface area contributed by atoms with Gasteiger partial charge in [-0.25, -0.2) is 4.39 Å². The fourth-order valence-electron chi connectivity index (χ4n) is 3.55. The molecular weight excluding hydrogens is 317 g/mol. The van der Waals surface area contributed by atoms with E-state index in [1.54, 1.807) is 36.4 Å². The van der Waals surface area contributed by atoms with Crippen LogP contribution in [0.4, 0.5) is 4.39 Å². The molecular formula is C21H20FNO2. The first kappa shape index (κ1) is 15.9. The number of likely N-dealkylation sites (N-methyl/N-ethyl adjacent to an activating group) is 1. The van der Waals surface area contributed by atoms with Crippen LogP contribution in [-0.4, -0.2) is 17.9 Å². The van der Waals surface area contributed by atoms with Gasteiger partial charge in [0, 0.05) is 30.1 Å². The predicted molar refractivity (Wildman–Crippen MR) is 94.8 cm³/mol. The van der Waals surface area contributed by atoms with E-state index < -0.39 is 0 Å². The Morgan fingerprint density at radius 2 is 1.92 bits per heavy atom.